The lowest BCUT2D eigenvalue weighted by Gasteiger charge is -2.23. The number of benzene rings is 3. The highest BCUT2D eigenvalue weighted by molar-refractivity contribution is 6.31. The molecule has 39 heavy (non-hydrogen) atoms. The number of ether oxygens (including phenoxy) is 1. The van der Waals surface area contributed by atoms with Crippen LogP contribution in [0, 0.1) is 0 Å². The number of nitrogens with zero attached hydrogens (tertiary/aromatic N) is 2. The first-order chi connectivity index (χ1) is 18.9. The Morgan fingerprint density at radius 1 is 0.949 bits per heavy atom. The normalized spacial score (nSPS) is 18.7. The topological polar surface area (TPSA) is 104 Å². The van der Waals surface area contributed by atoms with Gasteiger partial charge >= 0.3 is 6.09 Å². The number of rotatable bonds is 5. The predicted molar refractivity (Wildman–Crippen MR) is 150 cm³/mol. The van der Waals surface area contributed by atoms with Crippen LogP contribution in [0.3, 0.4) is 0 Å². The zero-order valence-corrected chi connectivity index (χ0v) is 22.0. The minimum Gasteiger partial charge on any atom is -0.444 e. The summed E-state index contributed by atoms with van der Waals surface area (Å²) in [6, 6.07) is 21.5. The largest absolute Gasteiger partial charge is 0.444 e. The molecule has 3 aromatic carbocycles. The summed E-state index contributed by atoms with van der Waals surface area (Å²) in [5.74, 6) is -0.322. The second-order valence-corrected chi connectivity index (χ2v) is 10.3. The van der Waals surface area contributed by atoms with Crippen LogP contribution in [0.25, 0.3) is 22.0 Å². The Balaban J connectivity index is 1.48. The molecule has 10 heteroatoms. The maximum Gasteiger partial charge on any atom is 0.407 e. The van der Waals surface area contributed by atoms with Gasteiger partial charge in [-0.15, -0.1) is 0 Å². The van der Waals surface area contributed by atoms with Gasteiger partial charge in [0.05, 0.1) is 30.3 Å². The number of aromatic nitrogens is 1. The third-order valence-electron chi connectivity index (χ3n) is 6.91. The summed E-state index contributed by atoms with van der Waals surface area (Å²) in [5.41, 5.74) is 3.57. The molecule has 0 bridgehead atoms. The fraction of sp³-hybridized carbons (Fsp3) is 0.172. The molecule has 1 fully saturated rings. The second-order valence-electron chi connectivity index (χ2n) is 9.43. The number of carbonyl (C=O) groups excluding carboxylic acids is 2. The van der Waals surface area contributed by atoms with Gasteiger partial charge in [0, 0.05) is 32.9 Å². The van der Waals surface area contributed by atoms with Gasteiger partial charge < -0.3 is 15.0 Å². The van der Waals surface area contributed by atoms with Crippen molar-refractivity contribution in [3.05, 3.63) is 104 Å². The zero-order valence-electron chi connectivity index (χ0n) is 20.5. The Labute approximate surface area is 233 Å². The van der Waals surface area contributed by atoms with Crippen LogP contribution in [0.4, 0.5) is 4.79 Å². The smallest absolute Gasteiger partial charge is 0.407 e. The Hall–Kier alpha value is -4.14. The lowest BCUT2D eigenvalue weighted by molar-refractivity contribution is -0.134. The van der Waals surface area contributed by atoms with Crippen molar-refractivity contribution in [1.29, 1.82) is 0 Å². The highest BCUT2D eigenvalue weighted by Crippen LogP contribution is 2.38. The Morgan fingerprint density at radius 2 is 1.64 bits per heavy atom. The van der Waals surface area contributed by atoms with Gasteiger partial charge in [-0.3, -0.25) is 9.59 Å². The molecule has 2 atom stereocenters. The third kappa shape index (κ3) is 4.89. The van der Waals surface area contributed by atoms with E-state index in [9.17, 15) is 14.4 Å². The average molecular weight is 561 g/mol. The molecule has 8 nitrogen and oxygen atoms in total. The molecule has 2 N–H and O–H groups in total. The van der Waals surface area contributed by atoms with Crippen molar-refractivity contribution in [2.45, 2.75) is 25.0 Å². The Morgan fingerprint density at radius 3 is 2.33 bits per heavy atom. The molecule has 4 aromatic rings. The minimum absolute atomic E-state index is 0.0439. The van der Waals surface area contributed by atoms with E-state index in [0.29, 0.717) is 38.8 Å². The van der Waals surface area contributed by atoms with Gasteiger partial charge in [-0.05, 0) is 41.5 Å². The number of amides is 2. The summed E-state index contributed by atoms with van der Waals surface area (Å²) in [6.45, 7) is 0.242. The lowest BCUT2D eigenvalue weighted by Crippen LogP contribution is -2.31. The van der Waals surface area contributed by atoms with Crippen molar-refractivity contribution in [3.63, 3.8) is 0 Å². The van der Waals surface area contributed by atoms with E-state index in [0.717, 1.165) is 16.5 Å². The molecular formula is C29H22Cl2N4O4. The van der Waals surface area contributed by atoms with E-state index >= 15 is 0 Å². The van der Waals surface area contributed by atoms with Crippen molar-refractivity contribution < 1.29 is 14.3 Å². The molecule has 2 aliphatic heterocycles. The monoisotopic (exact) mass is 560 g/mol. The molecule has 6 rings (SSSR count). The van der Waals surface area contributed by atoms with Crippen molar-refractivity contribution in [1.82, 2.24) is 15.3 Å². The number of halogens is 2. The van der Waals surface area contributed by atoms with Gasteiger partial charge in [-0.2, -0.15) is 5.10 Å². The molecule has 0 aliphatic carbocycles. The molecule has 0 saturated carbocycles. The average Bonchev–Trinajstić information content (AvgIpc) is 3.55. The third-order valence-corrected chi connectivity index (χ3v) is 7.42. The highest BCUT2D eigenvalue weighted by atomic mass is 35.5. The van der Waals surface area contributed by atoms with Gasteiger partial charge in [0.15, 0.2) is 0 Å². The van der Waals surface area contributed by atoms with Crippen LogP contribution < -0.4 is 10.9 Å². The first kappa shape index (κ1) is 25.2. The SMILES string of the molecule is O=C1NCC(CC(=O)N2N=C(c3c(-c4ccc(Cl)cc4)c4ccccc4[nH]c3=O)C[C@H]2c2ccc(Cl)cc2)O1. The van der Waals surface area contributed by atoms with E-state index in [1.165, 1.54) is 5.01 Å². The number of pyridine rings is 1. The maximum absolute atomic E-state index is 13.6. The summed E-state index contributed by atoms with van der Waals surface area (Å²) in [7, 11) is 0. The fourth-order valence-electron chi connectivity index (χ4n) is 5.10. The molecule has 2 aliphatic rings. The summed E-state index contributed by atoms with van der Waals surface area (Å²) in [6.07, 6.45) is -0.887. The van der Waals surface area contributed by atoms with Gasteiger partial charge in [0.1, 0.15) is 6.10 Å². The number of fused-ring (bicyclic) bond motifs is 1. The number of cyclic esters (lactones) is 1. The molecule has 1 unspecified atom stereocenters. The van der Waals surface area contributed by atoms with Crippen LogP contribution >= 0.6 is 23.2 Å². The Bertz CT molecular complexity index is 1680. The van der Waals surface area contributed by atoms with Gasteiger partial charge in [0.25, 0.3) is 5.56 Å². The molecule has 196 valence electrons. The molecule has 1 saturated heterocycles. The number of nitrogens with one attached hydrogen (secondary N) is 2. The molecular weight excluding hydrogens is 539 g/mol. The molecule has 3 heterocycles. The van der Waals surface area contributed by atoms with Crippen molar-refractivity contribution in [2.75, 3.05) is 6.54 Å². The number of H-pyrrole nitrogens is 1. The number of aromatic amines is 1. The quantitative estimate of drug-likeness (QED) is 0.327. The van der Waals surface area contributed by atoms with Crippen LogP contribution in [-0.2, 0) is 9.53 Å². The standard InChI is InChI=1S/C29H22Cl2N4O4/c30-18-9-5-16(6-10-18)24-14-23(34-35(24)25(36)13-20-15-32-29(38)39-20)27-26(17-7-11-19(31)12-8-17)21-3-1-2-4-22(21)33-28(27)37/h1-12,20,24H,13-15H2,(H,32,38)(H,33,37)/t20?,24-/m0/s1. The second kappa shape index (κ2) is 10.2. The number of hydrogen-bond donors (Lipinski definition) is 2. The van der Waals surface area contributed by atoms with Crippen LogP contribution in [0.1, 0.15) is 30.0 Å². The number of alkyl carbamates (subject to hydrolysis) is 1. The summed E-state index contributed by atoms with van der Waals surface area (Å²) in [4.78, 5) is 41.6. The van der Waals surface area contributed by atoms with Gasteiger partial charge in [-0.25, -0.2) is 9.80 Å². The van der Waals surface area contributed by atoms with E-state index in [-0.39, 0.29) is 24.4 Å². The summed E-state index contributed by atoms with van der Waals surface area (Å²) >= 11 is 12.3. The molecule has 2 amide bonds. The zero-order chi connectivity index (χ0) is 27.1. The minimum atomic E-state index is -0.594. The lowest BCUT2D eigenvalue weighted by atomic mass is 9.91. The van der Waals surface area contributed by atoms with Crippen molar-refractivity contribution in [2.24, 2.45) is 5.10 Å². The van der Waals surface area contributed by atoms with E-state index in [1.54, 1.807) is 24.3 Å². The van der Waals surface area contributed by atoms with Crippen molar-refractivity contribution in [3.8, 4) is 11.1 Å². The van der Waals surface area contributed by atoms with Gasteiger partial charge in [0.2, 0.25) is 5.91 Å². The predicted octanol–water partition coefficient (Wildman–Crippen LogP) is 5.68. The molecule has 1 aromatic heterocycles. The summed E-state index contributed by atoms with van der Waals surface area (Å²) < 4.78 is 5.18. The van der Waals surface area contributed by atoms with Crippen LogP contribution in [-0.4, -0.2) is 40.4 Å². The van der Waals surface area contributed by atoms with Gasteiger partial charge in [-0.1, -0.05) is 65.7 Å². The number of hydrazone groups is 1. The fourth-order valence-corrected chi connectivity index (χ4v) is 5.36. The highest BCUT2D eigenvalue weighted by Gasteiger charge is 2.37. The first-order valence-corrected chi connectivity index (χ1v) is 13.1. The van der Waals surface area contributed by atoms with Crippen LogP contribution in [0.2, 0.25) is 10.0 Å². The summed E-state index contributed by atoms with van der Waals surface area (Å²) in [5, 5.41) is 10.7. The molecule has 0 spiro atoms. The number of hydrogen-bond acceptors (Lipinski definition) is 5. The van der Waals surface area contributed by atoms with Crippen LogP contribution in [0.5, 0.6) is 0 Å². The van der Waals surface area contributed by atoms with Crippen LogP contribution in [0.15, 0.2) is 82.7 Å². The van der Waals surface area contributed by atoms with E-state index in [4.69, 9.17) is 33.0 Å². The van der Waals surface area contributed by atoms with Crippen molar-refractivity contribution >= 4 is 51.8 Å². The first-order valence-electron chi connectivity index (χ1n) is 12.4. The maximum atomic E-state index is 13.6. The molecule has 0 radical (unpaired) electrons. The van der Waals surface area contributed by atoms with E-state index in [2.05, 4.69) is 10.3 Å². The van der Waals surface area contributed by atoms with E-state index in [1.807, 2.05) is 48.5 Å². The number of para-hydroxylation sites is 1. The number of carbonyl (C=O) groups is 2. The Kier molecular flexibility index (Phi) is 6.58. The van der Waals surface area contributed by atoms with E-state index < -0.39 is 18.2 Å².